The van der Waals surface area contributed by atoms with Crippen LogP contribution in [0.1, 0.15) is 37.6 Å². The lowest BCUT2D eigenvalue weighted by atomic mass is 10.1. The normalized spacial score (nSPS) is 10.7. The summed E-state index contributed by atoms with van der Waals surface area (Å²) in [5.74, 6) is -1.23. The molecule has 0 aliphatic heterocycles. The summed E-state index contributed by atoms with van der Waals surface area (Å²) < 4.78 is 5.91. The second-order valence-electron chi connectivity index (χ2n) is 6.26. The van der Waals surface area contributed by atoms with Crippen LogP contribution in [0.3, 0.4) is 0 Å². The van der Waals surface area contributed by atoms with Crippen LogP contribution in [-0.2, 0) is 14.3 Å². The van der Waals surface area contributed by atoms with Crippen molar-refractivity contribution in [1.82, 2.24) is 14.7 Å². The van der Waals surface area contributed by atoms with Crippen molar-refractivity contribution in [2.24, 2.45) is 5.92 Å². The maximum atomic E-state index is 12.6. The maximum Gasteiger partial charge on any atom is 0.325 e. The molecule has 9 heteroatoms. The van der Waals surface area contributed by atoms with E-state index in [1.165, 1.54) is 28.9 Å². The van der Waals surface area contributed by atoms with E-state index < -0.39 is 17.4 Å². The number of esters is 1. The number of aromatic nitrogens is 2. The molecular weight excluding hydrogens is 352 g/mol. The highest BCUT2D eigenvalue weighted by atomic mass is 16.5. The zero-order chi connectivity index (χ0) is 20.0. The number of nitrogens with zero attached hydrogens (tertiary/aromatic N) is 2. The highest BCUT2D eigenvalue weighted by Gasteiger charge is 2.13. The molecule has 2 aromatic heterocycles. The highest BCUT2D eigenvalue weighted by Crippen LogP contribution is 2.07. The molecule has 144 valence electrons. The third-order valence-corrected chi connectivity index (χ3v) is 3.53. The third-order valence-electron chi connectivity index (χ3n) is 3.53. The Morgan fingerprint density at radius 3 is 2.67 bits per heavy atom. The van der Waals surface area contributed by atoms with Crippen LogP contribution in [-0.4, -0.2) is 40.3 Å². The van der Waals surface area contributed by atoms with E-state index in [-0.39, 0.29) is 42.6 Å². The summed E-state index contributed by atoms with van der Waals surface area (Å²) >= 11 is 0. The van der Waals surface area contributed by atoms with Crippen LogP contribution >= 0.6 is 0 Å². The summed E-state index contributed by atoms with van der Waals surface area (Å²) in [7, 11) is 0. The largest absolute Gasteiger partial charge is 0.465 e. The van der Waals surface area contributed by atoms with Crippen molar-refractivity contribution in [3.05, 3.63) is 40.4 Å². The van der Waals surface area contributed by atoms with Gasteiger partial charge in [0.05, 0.1) is 18.4 Å². The van der Waals surface area contributed by atoms with Gasteiger partial charge in [0.1, 0.15) is 17.9 Å². The Morgan fingerprint density at radius 1 is 1.26 bits per heavy atom. The number of rotatable bonds is 7. The summed E-state index contributed by atoms with van der Waals surface area (Å²) in [6, 6.07) is 2.99. The van der Waals surface area contributed by atoms with Crippen molar-refractivity contribution in [3.8, 4) is 0 Å². The summed E-state index contributed by atoms with van der Waals surface area (Å²) in [6.45, 7) is 5.40. The minimum absolute atomic E-state index is 0.0298. The number of pyridine rings is 1. The van der Waals surface area contributed by atoms with E-state index >= 15 is 0 Å². The minimum Gasteiger partial charge on any atom is -0.465 e. The van der Waals surface area contributed by atoms with Crippen molar-refractivity contribution in [2.75, 3.05) is 18.5 Å². The zero-order valence-corrected chi connectivity index (χ0v) is 15.4. The number of hydrogen-bond acceptors (Lipinski definition) is 6. The highest BCUT2D eigenvalue weighted by molar-refractivity contribution is 5.96. The average Bonchev–Trinajstić information content (AvgIpc) is 2.61. The van der Waals surface area contributed by atoms with Gasteiger partial charge >= 0.3 is 5.97 Å². The van der Waals surface area contributed by atoms with E-state index in [0.717, 1.165) is 0 Å². The lowest BCUT2D eigenvalue weighted by molar-refractivity contribution is -0.141. The molecule has 0 saturated heterocycles. The van der Waals surface area contributed by atoms with Crippen LogP contribution in [0, 0.1) is 5.92 Å². The van der Waals surface area contributed by atoms with Gasteiger partial charge in [-0.05, 0) is 25.0 Å². The van der Waals surface area contributed by atoms with E-state index in [1.54, 1.807) is 6.92 Å². The van der Waals surface area contributed by atoms with Crippen molar-refractivity contribution < 1.29 is 19.1 Å². The fraction of sp³-hybridized carbons (Fsp3) is 0.389. The number of anilines is 1. The fourth-order valence-electron chi connectivity index (χ4n) is 2.34. The molecule has 0 saturated carbocycles. The van der Waals surface area contributed by atoms with Gasteiger partial charge in [-0.15, -0.1) is 0 Å². The van der Waals surface area contributed by atoms with Crippen molar-refractivity contribution in [1.29, 1.82) is 0 Å². The number of carbonyl (C=O) groups excluding carboxylic acids is 3. The number of carbonyl (C=O) groups is 3. The van der Waals surface area contributed by atoms with E-state index in [4.69, 9.17) is 4.74 Å². The number of hydrogen-bond donors (Lipinski definition) is 2. The Hall–Kier alpha value is -3.23. The van der Waals surface area contributed by atoms with E-state index in [2.05, 4.69) is 15.6 Å². The SMILES string of the molecule is CCOC(=O)CNC(=O)c1ccc2ncc(NC(=O)CC(C)C)c(=O)n2c1. The third kappa shape index (κ3) is 5.37. The quantitative estimate of drug-likeness (QED) is 0.697. The predicted molar refractivity (Wildman–Crippen MR) is 98.5 cm³/mol. The van der Waals surface area contributed by atoms with Crippen LogP contribution in [0.2, 0.25) is 0 Å². The Kier molecular flexibility index (Phi) is 6.64. The smallest absolute Gasteiger partial charge is 0.325 e. The Balaban J connectivity index is 2.23. The first kappa shape index (κ1) is 20.1. The molecule has 27 heavy (non-hydrogen) atoms. The van der Waals surface area contributed by atoms with E-state index in [0.29, 0.717) is 5.65 Å². The molecule has 2 heterocycles. The van der Waals surface area contributed by atoms with Gasteiger partial charge in [0.25, 0.3) is 11.5 Å². The first-order chi connectivity index (χ1) is 12.8. The molecule has 0 unspecified atom stereocenters. The Bertz CT molecular complexity index is 920. The van der Waals surface area contributed by atoms with Crippen LogP contribution in [0.4, 0.5) is 5.69 Å². The molecule has 2 N–H and O–H groups in total. The first-order valence-electron chi connectivity index (χ1n) is 8.57. The van der Waals surface area contributed by atoms with Crippen molar-refractivity contribution >= 4 is 29.1 Å². The molecule has 0 spiro atoms. The van der Waals surface area contributed by atoms with Gasteiger partial charge in [0.2, 0.25) is 5.91 Å². The molecular formula is C18H22N4O5. The number of amides is 2. The monoisotopic (exact) mass is 374 g/mol. The first-order valence-corrected chi connectivity index (χ1v) is 8.57. The lowest BCUT2D eigenvalue weighted by Gasteiger charge is -2.09. The molecule has 0 aromatic carbocycles. The van der Waals surface area contributed by atoms with E-state index in [1.807, 2.05) is 13.8 Å². The van der Waals surface area contributed by atoms with Gasteiger partial charge in [0, 0.05) is 12.6 Å². The standard InChI is InChI=1S/C18H22N4O5/c1-4-27-16(24)9-20-17(25)12-5-6-14-19-8-13(18(26)22(14)10-12)21-15(23)7-11(2)3/h5-6,8,10-11H,4,7,9H2,1-3H3,(H,20,25)(H,21,23). The Morgan fingerprint density at radius 2 is 2.00 bits per heavy atom. The molecule has 9 nitrogen and oxygen atoms in total. The van der Waals surface area contributed by atoms with Gasteiger partial charge in [0.15, 0.2) is 0 Å². The summed E-state index contributed by atoms with van der Waals surface area (Å²) in [6.07, 6.45) is 2.87. The van der Waals surface area contributed by atoms with Crippen molar-refractivity contribution in [3.63, 3.8) is 0 Å². The molecule has 0 atom stereocenters. The second kappa shape index (κ2) is 8.93. The molecule has 2 aromatic rings. The van der Waals surface area contributed by atoms with Gasteiger partial charge < -0.3 is 15.4 Å². The molecule has 2 rings (SSSR count). The zero-order valence-electron chi connectivity index (χ0n) is 15.4. The minimum atomic E-state index is -0.555. The number of fused-ring (bicyclic) bond motifs is 1. The molecule has 2 amide bonds. The van der Waals surface area contributed by atoms with Crippen molar-refractivity contribution in [2.45, 2.75) is 27.2 Å². The second-order valence-corrected chi connectivity index (χ2v) is 6.26. The molecule has 0 aliphatic carbocycles. The topological polar surface area (TPSA) is 119 Å². The molecule has 0 fully saturated rings. The van der Waals surface area contributed by atoms with Gasteiger partial charge in [-0.1, -0.05) is 13.8 Å². The van der Waals surface area contributed by atoms with Gasteiger partial charge in [-0.2, -0.15) is 0 Å². The summed E-state index contributed by atoms with van der Waals surface area (Å²) in [5.41, 5.74) is 0.0181. The van der Waals surface area contributed by atoms with Crippen LogP contribution < -0.4 is 16.2 Å². The van der Waals surface area contributed by atoms with Crippen LogP contribution in [0.15, 0.2) is 29.3 Å². The maximum absolute atomic E-state index is 12.6. The van der Waals surface area contributed by atoms with Gasteiger partial charge in [-0.25, -0.2) is 4.98 Å². The van der Waals surface area contributed by atoms with E-state index in [9.17, 15) is 19.2 Å². The number of nitrogens with one attached hydrogen (secondary N) is 2. The summed E-state index contributed by atoms with van der Waals surface area (Å²) in [4.78, 5) is 52.1. The molecule has 0 aliphatic rings. The Labute approximate surface area is 155 Å². The number of ether oxygens (including phenoxy) is 1. The molecule has 0 radical (unpaired) electrons. The van der Waals surface area contributed by atoms with Crippen LogP contribution in [0.5, 0.6) is 0 Å². The van der Waals surface area contributed by atoms with Gasteiger partial charge in [-0.3, -0.25) is 23.6 Å². The fourth-order valence-corrected chi connectivity index (χ4v) is 2.34. The lowest BCUT2D eigenvalue weighted by Crippen LogP contribution is -2.31. The predicted octanol–water partition coefficient (Wildman–Crippen LogP) is 0.972. The van der Waals surface area contributed by atoms with Crippen LogP contribution in [0.25, 0.3) is 5.65 Å². The molecule has 0 bridgehead atoms. The summed E-state index contributed by atoms with van der Waals surface area (Å²) in [5, 5.41) is 4.96. The average molecular weight is 374 g/mol.